The summed E-state index contributed by atoms with van der Waals surface area (Å²) in [5.74, 6) is -0.0180. The summed E-state index contributed by atoms with van der Waals surface area (Å²) in [6.07, 6.45) is 2.03. The minimum absolute atomic E-state index is 0.0180. The summed E-state index contributed by atoms with van der Waals surface area (Å²) in [7, 11) is 1.98. The maximum absolute atomic E-state index is 13.4. The maximum atomic E-state index is 13.4. The standard InChI is InChI=1S/C22H26N4O2/c1-15-7-9-18(10-8-15)26-21(12-19(23-26)20-6-5-11-24(20)4)22(27)25-13-16(2)28-17(3)14-25/h5-12,16-17H,13-14H2,1-4H3/t16-,17-/m0/s1. The molecule has 1 aromatic carbocycles. The van der Waals surface area contributed by atoms with Crippen LogP contribution in [0.5, 0.6) is 0 Å². The summed E-state index contributed by atoms with van der Waals surface area (Å²) < 4.78 is 9.56. The molecule has 3 aromatic rings. The summed E-state index contributed by atoms with van der Waals surface area (Å²) in [5, 5.41) is 4.78. The molecular weight excluding hydrogens is 352 g/mol. The molecule has 146 valence electrons. The van der Waals surface area contributed by atoms with Crippen LogP contribution < -0.4 is 0 Å². The minimum atomic E-state index is -0.0180. The van der Waals surface area contributed by atoms with Crippen molar-refractivity contribution in [3.8, 4) is 17.1 Å². The van der Waals surface area contributed by atoms with Crippen LogP contribution in [0.1, 0.15) is 29.9 Å². The van der Waals surface area contributed by atoms with Gasteiger partial charge in [0.25, 0.3) is 5.91 Å². The zero-order valence-corrected chi connectivity index (χ0v) is 16.8. The molecule has 1 aliphatic rings. The molecular formula is C22H26N4O2. The number of benzene rings is 1. The van der Waals surface area contributed by atoms with E-state index in [4.69, 9.17) is 9.84 Å². The number of morpholine rings is 1. The summed E-state index contributed by atoms with van der Waals surface area (Å²) in [4.78, 5) is 15.3. The number of amides is 1. The van der Waals surface area contributed by atoms with Crippen LogP contribution in [0.25, 0.3) is 17.1 Å². The van der Waals surface area contributed by atoms with Crippen molar-refractivity contribution >= 4 is 5.91 Å². The number of rotatable bonds is 3. The zero-order valence-electron chi connectivity index (χ0n) is 16.8. The van der Waals surface area contributed by atoms with Gasteiger partial charge >= 0.3 is 0 Å². The second-order valence-electron chi connectivity index (χ2n) is 7.63. The fourth-order valence-electron chi connectivity index (χ4n) is 3.77. The van der Waals surface area contributed by atoms with Gasteiger partial charge in [-0.2, -0.15) is 5.10 Å². The van der Waals surface area contributed by atoms with Gasteiger partial charge in [-0.3, -0.25) is 4.79 Å². The molecule has 0 spiro atoms. The van der Waals surface area contributed by atoms with Crippen LogP contribution >= 0.6 is 0 Å². The first-order valence-corrected chi connectivity index (χ1v) is 9.66. The average Bonchev–Trinajstić information content (AvgIpc) is 3.27. The van der Waals surface area contributed by atoms with Crippen LogP contribution in [0.4, 0.5) is 0 Å². The number of nitrogens with zero attached hydrogens (tertiary/aromatic N) is 4. The van der Waals surface area contributed by atoms with E-state index in [2.05, 4.69) is 0 Å². The first-order valence-electron chi connectivity index (χ1n) is 9.66. The molecule has 1 amide bonds. The molecule has 0 N–H and O–H groups in total. The molecule has 2 aromatic heterocycles. The van der Waals surface area contributed by atoms with Crippen molar-refractivity contribution < 1.29 is 9.53 Å². The molecule has 0 radical (unpaired) electrons. The van der Waals surface area contributed by atoms with E-state index in [1.165, 1.54) is 5.56 Å². The lowest BCUT2D eigenvalue weighted by atomic mass is 10.2. The molecule has 0 aliphatic carbocycles. The number of aryl methyl sites for hydroxylation is 2. The zero-order chi connectivity index (χ0) is 19.8. The Kier molecular flexibility index (Phi) is 4.81. The van der Waals surface area contributed by atoms with Gasteiger partial charge in [0.15, 0.2) is 0 Å². The Bertz CT molecular complexity index is 976. The molecule has 0 saturated carbocycles. The molecule has 6 heteroatoms. The first-order chi connectivity index (χ1) is 13.4. The molecule has 4 rings (SSSR count). The summed E-state index contributed by atoms with van der Waals surface area (Å²) in [5.41, 5.74) is 4.38. The van der Waals surface area contributed by atoms with E-state index in [1.807, 2.05) is 85.9 Å². The van der Waals surface area contributed by atoms with Crippen molar-refractivity contribution in [3.63, 3.8) is 0 Å². The largest absolute Gasteiger partial charge is 0.372 e. The van der Waals surface area contributed by atoms with Gasteiger partial charge in [-0.25, -0.2) is 4.68 Å². The Morgan fingerprint density at radius 1 is 1.11 bits per heavy atom. The van der Waals surface area contributed by atoms with Crippen molar-refractivity contribution in [2.24, 2.45) is 7.05 Å². The number of hydrogen-bond acceptors (Lipinski definition) is 3. The summed E-state index contributed by atoms with van der Waals surface area (Å²) in [6, 6.07) is 13.9. The van der Waals surface area contributed by atoms with Crippen molar-refractivity contribution in [2.75, 3.05) is 13.1 Å². The number of carbonyl (C=O) groups is 1. The monoisotopic (exact) mass is 378 g/mol. The Morgan fingerprint density at radius 3 is 2.39 bits per heavy atom. The smallest absolute Gasteiger partial charge is 0.272 e. The number of ether oxygens (including phenoxy) is 1. The van der Waals surface area contributed by atoms with Crippen LogP contribution in [-0.4, -0.2) is 50.5 Å². The maximum Gasteiger partial charge on any atom is 0.272 e. The van der Waals surface area contributed by atoms with Crippen LogP contribution in [0.15, 0.2) is 48.7 Å². The van der Waals surface area contributed by atoms with Crippen molar-refractivity contribution in [1.29, 1.82) is 0 Å². The third-order valence-electron chi connectivity index (χ3n) is 5.12. The second kappa shape index (κ2) is 7.28. The lowest BCUT2D eigenvalue weighted by Gasteiger charge is -2.35. The van der Waals surface area contributed by atoms with Gasteiger partial charge in [-0.05, 0) is 51.1 Å². The topological polar surface area (TPSA) is 52.3 Å². The molecule has 0 bridgehead atoms. The SMILES string of the molecule is Cc1ccc(-n2nc(-c3cccn3C)cc2C(=O)N2C[C@H](C)O[C@@H](C)C2)cc1. The lowest BCUT2D eigenvalue weighted by Crippen LogP contribution is -2.48. The van der Waals surface area contributed by atoms with Crippen molar-refractivity contribution in [1.82, 2.24) is 19.2 Å². The van der Waals surface area contributed by atoms with Gasteiger partial charge in [-0.15, -0.1) is 0 Å². The van der Waals surface area contributed by atoms with Gasteiger partial charge in [0.05, 0.1) is 23.6 Å². The molecule has 1 saturated heterocycles. The predicted molar refractivity (Wildman–Crippen MR) is 109 cm³/mol. The van der Waals surface area contributed by atoms with Gasteiger partial charge in [0.2, 0.25) is 0 Å². The van der Waals surface area contributed by atoms with Crippen LogP contribution in [0.3, 0.4) is 0 Å². The highest BCUT2D eigenvalue weighted by molar-refractivity contribution is 5.94. The highest BCUT2D eigenvalue weighted by atomic mass is 16.5. The van der Waals surface area contributed by atoms with Gasteiger partial charge in [0.1, 0.15) is 11.4 Å². The third kappa shape index (κ3) is 3.47. The molecule has 3 heterocycles. The van der Waals surface area contributed by atoms with Gasteiger partial charge in [0, 0.05) is 26.3 Å². The van der Waals surface area contributed by atoms with Crippen LogP contribution in [-0.2, 0) is 11.8 Å². The Labute approximate surface area is 165 Å². The molecule has 0 unspecified atom stereocenters. The van der Waals surface area contributed by atoms with E-state index in [9.17, 15) is 4.79 Å². The highest BCUT2D eigenvalue weighted by Crippen LogP contribution is 2.24. The highest BCUT2D eigenvalue weighted by Gasteiger charge is 2.29. The lowest BCUT2D eigenvalue weighted by molar-refractivity contribution is -0.0588. The van der Waals surface area contributed by atoms with Gasteiger partial charge in [-0.1, -0.05) is 17.7 Å². The van der Waals surface area contributed by atoms with Crippen LogP contribution in [0.2, 0.25) is 0 Å². The Balaban J connectivity index is 1.78. The molecule has 28 heavy (non-hydrogen) atoms. The summed E-state index contributed by atoms with van der Waals surface area (Å²) in [6.45, 7) is 7.22. The van der Waals surface area contributed by atoms with Crippen LogP contribution in [0, 0.1) is 6.92 Å². The quantitative estimate of drug-likeness (QED) is 0.702. The summed E-state index contributed by atoms with van der Waals surface area (Å²) >= 11 is 0. The molecule has 1 fully saturated rings. The van der Waals surface area contributed by atoms with E-state index >= 15 is 0 Å². The average molecular weight is 378 g/mol. The normalized spacial score (nSPS) is 19.8. The van der Waals surface area contributed by atoms with Crippen molar-refractivity contribution in [3.05, 3.63) is 59.9 Å². The van der Waals surface area contributed by atoms with Gasteiger partial charge < -0.3 is 14.2 Å². The molecule has 6 nitrogen and oxygen atoms in total. The third-order valence-corrected chi connectivity index (χ3v) is 5.12. The Hall–Kier alpha value is -2.86. The van der Waals surface area contributed by atoms with E-state index in [0.717, 1.165) is 17.1 Å². The van der Waals surface area contributed by atoms with E-state index in [0.29, 0.717) is 18.8 Å². The Morgan fingerprint density at radius 2 is 1.79 bits per heavy atom. The van der Waals surface area contributed by atoms with E-state index in [1.54, 1.807) is 4.68 Å². The van der Waals surface area contributed by atoms with E-state index in [-0.39, 0.29) is 18.1 Å². The van der Waals surface area contributed by atoms with Crippen molar-refractivity contribution in [2.45, 2.75) is 33.0 Å². The molecule has 2 atom stereocenters. The minimum Gasteiger partial charge on any atom is -0.372 e. The molecule has 1 aliphatic heterocycles. The predicted octanol–water partition coefficient (Wildman–Crippen LogP) is 3.44. The number of aromatic nitrogens is 3. The fraction of sp³-hybridized carbons (Fsp3) is 0.364. The second-order valence-corrected chi connectivity index (χ2v) is 7.63. The fourth-order valence-corrected chi connectivity index (χ4v) is 3.77. The number of carbonyl (C=O) groups excluding carboxylic acids is 1. The first kappa shape index (κ1) is 18.5. The van der Waals surface area contributed by atoms with E-state index < -0.39 is 0 Å². The number of hydrogen-bond donors (Lipinski definition) is 0.